The molecule has 3 heterocycles. The smallest absolute Gasteiger partial charge is 0.147 e. The Hall–Kier alpha value is -2.17. The van der Waals surface area contributed by atoms with Crippen LogP contribution in [0, 0.1) is 18.3 Å². The average Bonchev–Trinajstić information content (AvgIpc) is 3.17. The van der Waals surface area contributed by atoms with E-state index in [1.54, 1.807) is 26.3 Å². The number of H-pyrrole nitrogens is 1. The van der Waals surface area contributed by atoms with Gasteiger partial charge < -0.3 is 9.64 Å². The maximum atomic E-state index is 9.05. The summed E-state index contributed by atoms with van der Waals surface area (Å²) in [4.78, 5) is 6.54. The first-order valence-electron chi connectivity index (χ1n) is 6.84. The quantitative estimate of drug-likeness (QED) is 0.925. The van der Waals surface area contributed by atoms with Crippen LogP contribution in [-0.2, 0) is 4.74 Å². The summed E-state index contributed by atoms with van der Waals surface area (Å²) in [5.41, 5.74) is 2.01. The Morgan fingerprint density at radius 3 is 2.95 bits per heavy atom. The highest BCUT2D eigenvalue weighted by Crippen LogP contribution is 2.34. The summed E-state index contributed by atoms with van der Waals surface area (Å²) >= 11 is 6.29. The van der Waals surface area contributed by atoms with E-state index < -0.39 is 0 Å². The number of aromatic amines is 1. The van der Waals surface area contributed by atoms with E-state index in [2.05, 4.69) is 31.4 Å². The summed E-state index contributed by atoms with van der Waals surface area (Å²) in [7, 11) is 1.68. The lowest BCUT2D eigenvalue weighted by atomic mass is 10.0. The molecule has 1 saturated heterocycles. The number of rotatable bonds is 3. The number of aromatic nitrogens is 4. The molecule has 0 radical (unpaired) electrons. The van der Waals surface area contributed by atoms with Gasteiger partial charge in [-0.15, -0.1) is 0 Å². The van der Waals surface area contributed by atoms with Crippen LogP contribution >= 0.6 is 11.6 Å². The molecular weight excluding hydrogens is 304 g/mol. The SMILES string of the molecule is CO[C@@H]1CN(c2nc(C)c(C#N)cc2Cl)C[C@H]1c1cn[nH]n1. The highest BCUT2D eigenvalue weighted by Gasteiger charge is 2.37. The number of halogens is 1. The van der Waals surface area contributed by atoms with E-state index >= 15 is 0 Å². The molecule has 1 aliphatic heterocycles. The van der Waals surface area contributed by atoms with E-state index in [9.17, 15) is 0 Å². The molecule has 2 aromatic rings. The second-order valence-electron chi connectivity index (χ2n) is 5.22. The number of pyridine rings is 1. The molecule has 7 nitrogen and oxygen atoms in total. The first-order valence-corrected chi connectivity index (χ1v) is 7.22. The van der Waals surface area contributed by atoms with E-state index in [0.29, 0.717) is 35.2 Å². The predicted octanol–water partition coefficient (Wildman–Crippen LogP) is 1.65. The van der Waals surface area contributed by atoms with E-state index in [1.807, 2.05) is 0 Å². The topological polar surface area (TPSA) is 90.7 Å². The number of nitrogens with one attached hydrogen (secondary N) is 1. The molecule has 2 aromatic heterocycles. The Morgan fingerprint density at radius 2 is 2.32 bits per heavy atom. The third-order valence-electron chi connectivity index (χ3n) is 3.95. The standard InChI is InChI=1S/C14H15ClN6O/c1-8-9(4-16)3-11(15)14(18-8)21-6-10(13(7-21)22-2)12-5-17-20-19-12/h3,5,10,13H,6-7H2,1-2H3,(H,17,19,20)/t10-,13+/m0/s1. The van der Waals surface area contributed by atoms with Crippen LogP contribution in [0.3, 0.4) is 0 Å². The summed E-state index contributed by atoms with van der Waals surface area (Å²) in [6.07, 6.45) is 1.69. The molecule has 1 aliphatic rings. The molecule has 22 heavy (non-hydrogen) atoms. The molecule has 3 rings (SSSR count). The van der Waals surface area contributed by atoms with Crippen LogP contribution in [-0.4, -0.2) is 46.7 Å². The van der Waals surface area contributed by atoms with Gasteiger partial charge in [-0.05, 0) is 13.0 Å². The summed E-state index contributed by atoms with van der Waals surface area (Å²) in [6.45, 7) is 3.15. The predicted molar refractivity (Wildman–Crippen MR) is 80.8 cm³/mol. The van der Waals surface area contributed by atoms with Crippen LogP contribution in [0.25, 0.3) is 0 Å². The molecule has 0 bridgehead atoms. The zero-order chi connectivity index (χ0) is 15.7. The van der Waals surface area contributed by atoms with Gasteiger partial charge in [-0.25, -0.2) is 4.98 Å². The van der Waals surface area contributed by atoms with Crippen molar-refractivity contribution in [2.75, 3.05) is 25.1 Å². The van der Waals surface area contributed by atoms with E-state index in [4.69, 9.17) is 21.6 Å². The average molecular weight is 319 g/mol. The zero-order valence-electron chi connectivity index (χ0n) is 12.2. The van der Waals surface area contributed by atoms with Crippen molar-refractivity contribution in [3.63, 3.8) is 0 Å². The third-order valence-corrected chi connectivity index (χ3v) is 4.23. The van der Waals surface area contributed by atoms with Crippen LogP contribution in [0.1, 0.15) is 22.9 Å². The normalized spacial score (nSPS) is 21.1. The number of methoxy groups -OCH3 is 1. The highest BCUT2D eigenvalue weighted by molar-refractivity contribution is 6.33. The fourth-order valence-corrected chi connectivity index (χ4v) is 3.03. The molecule has 0 spiro atoms. The lowest BCUT2D eigenvalue weighted by Gasteiger charge is -2.19. The molecule has 2 atom stereocenters. The molecule has 0 unspecified atom stereocenters. The van der Waals surface area contributed by atoms with Gasteiger partial charge in [-0.1, -0.05) is 11.6 Å². The number of aryl methyl sites for hydroxylation is 1. The van der Waals surface area contributed by atoms with Crippen LogP contribution in [0.4, 0.5) is 5.82 Å². The molecule has 1 fully saturated rings. The van der Waals surface area contributed by atoms with Gasteiger partial charge in [-0.3, -0.25) is 0 Å². The van der Waals surface area contributed by atoms with E-state index in [1.165, 1.54) is 0 Å². The maximum absolute atomic E-state index is 9.05. The van der Waals surface area contributed by atoms with Crippen molar-refractivity contribution in [1.82, 2.24) is 20.4 Å². The van der Waals surface area contributed by atoms with Gasteiger partial charge in [0.15, 0.2) is 0 Å². The minimum atomic E-state index is -0.0149. The Balaban J connectivity index is 1.91. The second-order valence-corrected chi connectivity index (χ2v) is 5.63. The van der Waals surface area contributed by atoms with Crippen molar-refractivity contribution in [2.24, 2.45) is 0 Å². The van der Waals surface area contributed by atoms with Gasteiger partial charge in [0.1, 0.15) is 11.9 Å². The number of nitriles is 1. The summed E-state index contributed by atoms with van der Waals surface area (Å²) in [5.74, 6) is 0.767. The fourth-order valence-electron chi connectivity index (χ4n) is 2.76. The fraction of sp³-hybridized carbons (Fsp3) is 0.429. The number of ether oxygens (including phenoxy) is 1. The lowest BCUT2D eigenvalue weighted by Crippen LogP contribution is -2.23. The molecule has 0 amide bonds. The third kappa shape index (κ3) is 2.51. The largest absolute Gasteiger partial charge is 0.379 e. The van der Waals surface area contributed by atoms with Crippen LogP contribution in [0.2, 0.25) is 5.02 Å². The molecule has 0 aliphatic carbocycles. The van der Waals surface area contributed by atoms with Crippen molar-refractivity contribution in [2.45, 2.75) is 18.9 Å². The maximum Gasteiger partial charge on any atom is 0.147 e. The van der Waals surface area contributed by atoms with Crippen molar-refractivity contribution < 1.29 is 4.74 Å². The Bertz CT molecular complexity index is 711. The van der Waals surface area contributed by atoms with Crippen LogP contribution in [0.15, 0.2) is 12.3 Å². The van der Waals surface area contributed by atoms with Gasteiger partial charge in [0, 0.05) is 20.2 Å². The summed E-state index contributed by atoms with van der Waals surface area (Å²) in [5, 5.41) is 20.2. The lowest BCUT2D eigenvalue weighted by molar-refractivity contribution is 0.105. The van der Waals surface area contributed by atoms with Crippen molar-refractivity contribution in [3.8, 4) is 6.07 Å². The number of anilines is 1. The van der Waals surface area contributed by atoms with Gasteiger partial charge in [0.2, 0.25) is 0 Å². The van der Waals surface area contributed by atoms with Gasteiger partial charge in [0.25, 0.3) is 0 Å². The number of hydrogen-bond donors (Lipinski definition) is 1. The van der Waals surface area contributed by atoms with Crippen molar-refractivity contribution in [3.05, 3.63) is 34.2 Å². The Kier molecular flexibility index (Phi) is 3.96. The monoisotopic (exact) mass is 318 g/mol. The highest BCUT2D eigenvalue weighted by atomic mass is 35.5. The van der Waals surface area contributed by atoms with Gasteiger partial charge in [0.05, 0.1) is 40.2 Å². The molecule has 1 N–H and O–H groups in total. The molecule has 114 valence electrons. The van der Waals surface area contributed by atoms with Crippen LogP contribution < -0.4 is 4.90 Å². The minimum Gasteiger partial charge on any atom is -0.379 e. The summed E-state index contributed by atoms with van der Waals surface area (Å²) in [6, 6.07) is 3.75. The van der Waals surface area contributed by atoms with Gasteiger partial charge >= 0.3 is 0 Å². The first-order chi connectivity index (χ1) is 10.6. The second kappa shape index (κ2) is 5.91. The first kappa shape index (κ1) is 14.8. The number of nitrogens with zero attached hydrogens (tertiary/aromatic N) is 5. The summed E-state index contributed by atoms with van der Waals surface area (Å²) < 4.78 is 5.57. The van der Waals surface area contributed by atoms with Crippen LogP contribution in [0.5, 0.6) is 0 Å². The molecule has 8 heteroatoms. The Morgan fingerprint density at radius 1 is 1.50 bits per heavy atom. The van der Waals surface area contributed by atoms with Crippen molar-refractivity contribution in [1.29, 1.82) is 5.26 Å². The Labute approximate surface area is 132 Å². The van der Waals surface area contributed by atoms with Crippen molar-refractivity contribution >= 4 is 17.4 Å². The molecule has 0 aromatic carbocycles. The molecular formula is C14H15ClN6O. The molecule has 0 saturated carbocycles. The van der Waals surface area contributed by atoms with E-state index in [-0.39, 0.29) is 12.0 Å². The number of hydrogen-bond acceptors (Lipinski definition) is 6. The van der Waals surface area contributed by atoms with Gasteiger partial charge in [-0.2, -0.15) is 20.7 Å². The zero-order valence-corrected chi connectivity index (χ0v) is 13.0. The van der Waals surface area contributed by atoms with E-state index in [0.717, 1.165) is 5.69 Å². The minimum absolute atomic E-state index is 0.0149.